The van der Waals surface area contributed by atoms with Gasteiger partial charge in [-0.15, -0.1) is 11.3 Å². The first-order valence-corrected chi connectivity index (χ1v) is 6.12. The van der Waals surface area contributed by atoms with Gasteiger partial charge in [0.25, 0.3) is 0 Å². The Balaban J connectivity index is 2.08. The van der Waals surface area contributed by atoms with Crippen molar-refractivity contribution in [2.75, 3.05) is 18.0 Å². The van der Waals surface area contributed by atoms with Gasteiger partial charge in [-0.3, -0.25) is 0 Å². The number of hydrogen-bond acceptors (Lipinski definition) is 3. The predicted octanol–water partition coefficient (Wildman–Crippen LogP) is 3.40. The Bertz CT molecular complexity index is 353. The first-order valence-electron chi connectivity index (χ1n) is 5.24. The third-order valence-electron chi connectivity index (χ3n) is 2.84. The number of alkyl halides is 3. The molecule has 0 bridgehead atoms. The van der Waals surface area contributed by atoms with Crippen molar-refractivity contribution in [3.8, 4) is 0 Å². The Kier molecular flexibility index (Phi) is 3.10. The Hall–Kier alpha value is -0.780. The lowest BCUT2D eigenvalue weighted by Crippen LogP contribution is -2.32. The molecule has 0 radical (unpaired) electrons. The van der Waals surface area contributed by atoms with Crippen molar-refractivity contribution in [3.63, 3.8) is 0 Å². The van der Waals surface area contributed by atoms with Crippen LogP contribution in [-0.4, -0.2) is 18.1 Å². The molecule has 1 aromatic heterocycles. The molecule has 0 unspecified atom stereocenters. The number of aromatic nitrogens is 1. The summed E-state index contributed by atoms with van der Waals surface area (Å²) in [4.78, 5) is 5.59. The molecular weight excluding hydrogens is 237 g/mol. The molecule has 0 spiro atoms. The summed E-state index contributed by atoms with van der Waals surface area (Å²) in [7, 11) is 0. The maximum atomic E-state index is 12.4. The lowest BCUT2D eigenvalue weighted by Gasteiger charge is -2.29. The van der Waals surface area contributed by atoms with Crippen molar-refractivity contribution in [2.24, 2.45) is 5.92 Å². The molecule has 1 saturated heterocycles. The van der Waals surface area contributed by atoms with E-state index in [0.717, 1.165) is 42.6 Å². The molecular formula is C10H13F3N2S. The van der Waals surface area contributed by atoms with Gasteiger partial charge < -0.3 is 4.90 Å². The zero-order valence-electron chi connectivity index (χ0n) is 8.92. The molecule has 90 valence electrons. The van der Waals surface area contributed by atoms with Crippen LogP contribution < -0.4 is 4.90 Å². The number of nitrogens with zero attached hydrogens (tertiary/aromatic N) is 2. The highest BCUT2D eigenvalue weighted by atomic mass is 32.1. The number of hydrogen-bond donors (Lipinski definition) is 0. The second-order valence-electron chi connectivity index (χ2n) is 4.18. The summed E-state index contributed by atoms with van der Waals surface area (Å²) in [6, 6.07) is 0. The van der Waals surface area contributed by atoms with Crippen LogP contribution >= 0.6 is 11.3 Å². The minimum Gasteiger partial charge on any atom is -0.348 e. The summed E-state index contributed by atoms with van der Waals surface area (Å²) in [5.74, 6) is 0.665. The summed E-state index contributed by atoms with van der Waals surface area (Å²) in [6.45, 7) is 3.79. The van der Waals surface area contributed by atoms with Crippen LogP contribution in [0.5, 0.6) is 0 Å². The van der Waals surface area contributed by atoms with E-state index in [0.29, 0.717) is 11.0 Å². The molecule has 0 N–H and O–H groups in total. The van der Waals surface area contributed by atoms with Crippen molar-refractivity contribution in [1.82, 2.24) is 4.98 Å². The molecule has 1 fully saturated rings. The number of thiazole rings is 1. The molecule has 0 aromatic carbocycles. The summed E-state index contributed by atoms with van der Waals surface area (Å²) < 4.78 is 37.1. The summed E-state index contributed by atoms with van der Waals surface area (Å²) >= 11 is 1.08. The van der Waals surface area contributed by atoms with Gasteiger partial charge in [0.1, 0.15) is 0 Å². The molecule has 0 atom stereocenters. The van der Waals surface area contributed by atoms with Crippen LogP contribution in [0.4, 0.5) is 18.3 Å². The van der Waals surface area contributed by atoms with Gasteiger partial charge in [-0.1, -0.05) is 6.92 Å². The standard InChI is InChI=1S/C10H13F3N2S/c1-7-2-4-15(5-3-7)9-14-8(6-16-9)10(11,12)13/h6-7H,2-5H2,1H3. The van der Waals surface area contributed by atoms with Crippen LogP contribution in [0.2, 0.25) is 0 Å². The van der Waals surface area contributed by atoms with E-state index in [1.165, 1.54) is 0 Å². The number of piperidine rings is 1. The van der Waals surface area contributed by atoms with Gasteiger partial charge >= 0.3 is 6.18 Å². The van der Waals surface area contributed by atoms with Crippen LogP contribution in [0.15, 0.2) is 5.38 Å². The molecule has 1 aromatic rings. The Morgan fingerprint density at radius 1 is 1.38 bits per heavy atom. The van der Waals surface area contributed by atoms with Gasteiger partial charge in [-0.25, -0.2) is 4.98 Å². The first kappa shape index (κ1) is 11.7. The number of anilines is 1. The number of rotatable bonds is 1. The SMILES string of the molecule is CC1CCN(c2nc(C(F)(F)F)cs2)CC1. The van der Waals surface area contributed by atoms with Crippen molar-refractivity contribution in [2.45, 2.75) is 25.9 Å². The van der Waals surface area contributed by atoms with E-state index in [1.807, 2.05) is 4.90 Å². The lowest BCUT2D eigenvalue weighted by atomic mass is 10.00. The average Bonchev–Trinajstić information content (AvgIpc) is 2.67. The van der Waals surface area contributed by atoms with E-state index in [9.17, 15) is 13.2 Å². The highest BCUT2D eigenvalue weighted by Gasteiger charge is 2.34. The molecule has 2 heterocycles. The van der Waals surface area contributed by atoms with E-state index < -0.39 is 11.9 Å². The van der Waals surface area contributed by atoms with E-state index in [-0.39, 0.29) is 0 Å². The van der Waals surface area contributed by atoms with Gasteiger partial charge in [0.2, 0.25) is 0 Å². The number of halogens is 3. The lowest BCUT2D eigenvalue weighted by molar-refractivity contribution is -0.140. The smallest absolute Gasteiger partial charge is 0.348 e. The van der Waals surface area contributed by atoms with E-state index in [2.05, 4.69) is 11.9 Å². The van der Waals surface area contributed by atoms with Gasteiger partial charge in [0, 0.05) is 18.5 Å². The second kappa shape index (κ2) is 4.24. The normalized spacial score (nSPS) is 19.1. The maximum Gasteiger partial charge on any atom is 0.434 e. The van der Waals surface area contributed by atoms with Crippen LogP contribution in [0.25, 0.3) is 0 Å². The largest absolute Gasteiger partial charge is 0.434 e. The van der Waals surface area contributed by atoms with Crippen LogP contribution in [0.1, 0.15) is 25.5 Å². The fourth-order valence-electron chi connectivity index (χ4n) is 1.74. The van der Waals surface area contributed by atoms with E-state index >= 15 is 0 Å². The molecule has 1 aliphatic heterocycles. The van der Waals surface area contributed by atoms with Gasteiger partial charge in [-0.2, -0.15) is 13.2 Å². The highest BCUT2D eigenvalue weighted by molar-refractivity contribution is 7.13. The zero-order valence-corrected chi connectivity index (χ0v) is 9.74. The molecule has 2 rings (SSSR count). The fraction of sp³-hybridized carbons (Fsp3) is 0.700. The van der Waals surface area contributed by atoms with Gasteiger partial charge in [0.15, 0.2) is 10.8 Å². The highest BCUT2D eigenvalue weighted by Crippen LogP contribution is 2.34. The molecule has 2 nitrogen and oxygen atoms in total. The molecule has 1 aliphatic rings. The van der Waals surface area contributed by atoms with Gasteiger partial charge in [-0.05, 0) is 18.8 Å². The maximum absolute atomic E-state index is 12.4. The zero-order chi connectivity index (χ0) is 11.8. The summed E-state index contributed by atoms with van der Waals surface area (Å²) in [6.07, 6.45) is -2.26. The van der Waals surface area contributed by atoms with Crippen molar-refractivity contribution < 1.29 is 13.2 Å². The first-order chi connectivity index (χ1) is 7.47. The quantitative estimate of drug-likeness (QED) is 0.759. The summed E-state index contributed by atoms with van der Waals surface area (Å²) in [5.41, 5.74) is -0.772. The Morgan fingerprint density at radius 3 is 2.50 bits per heavy atom. The Labute approximate surface area is 96.1 Å². The fourth-order valence-corrected chi connectivity index (χ4v) is 2.63. The van der Waals surface area contributed by atoms with E-state index in [1.54, 1.807) is 0 Å². The minimum atomic E-state index is -4.32. The monoisotopic (exact) mass is 250 g/mol. The minimum absolute atomic E-state index is 0.499. The molecule has 0 amide bonds. The molecule has 0 aliphatic carbocycles. The summed E-state index contributed by atoms with van der Waals surface area (Å²) in [5, 5.41) is 1.59. The van der Waals surface area contributed by atoms with Crippen molar-refractivity contribution in [1.29, 1.82) is 0 Å². The van der Waals surface area contributed by atoms with Crippen molar-refractivity contribution in [3.05, 3.63) is 11.1 Å². The molecule has 0 saturated carbocycles. The Morgan fingerprint density at radius 2 is 2.00 bits per heavy atom. The van der Waals surface area contributed by atoms with Gasteiger partial charge in [0.05, 0.1) is 0 Å². The van der Waals surface area contributed by atoms with Crippen LogP contribution in [0.3, 0.4) is 0 Å². The van der Waals surface area contributed by atoms with Crippen LogP contribution in [0, 0.1) is 5.92 Å². The second-order valence-corrected chi connectivity index (χ2v) is 5.02. The third-order valence-corrected chi connectivity index (χ3v) is 3.74. The molecule has 6 heteroatoms. The topological polar surface area (TPSA) is 16.1 Å². The predicted molar refractivity (Wildman–Crippen MR) is 57.7 cm³/mol. The van der Waals surface area contributed by atoms with E-state index in [4.69, 9.17) is 0 Å². The van der Waals surface area contributed by atoms with Crippen molar-refractivity contribution >= 4 is 16.5 Å². The molecule has 16 heavy (non-hydrogen) atoms. The average molecular weight is 250 g/mol. The van der Waals surface area contributed by atoms with Crippen LogP contribution in [-0.2, 0) is 6.18 Å². The third kappa shape index (κ3) is 2.48.